The molecule has 0 heterocycles. The highest BCUT2D eigenvalue weighted by Gasteiger charge is 2.44. The van der Waals surface area contributed by atoms with Gasteiger partial charge in [-0.3, -0.25) is 4.79 Å². The Hall–Kier alpha value is -1.90. The Bertz CT molecular complexity index is 799. The van der Waals surface area contributed by atoms with Crippen LogP contribution in [0.1, 0.15) is 25.7 Å². The average Bonchev–Trinajstić information content (AvgIpc) is 2.81. The van der Waals surface area contributed by atoms with Gasteiger partial charge in [-0.15, -0.1) is 12.4 Å². The van der Waals surface area contributed by atoms with Crippen LogP contribution in [0.2, 0.25) is 0 Å². The summed E-state index contributed by atoms with van der Waals surface area (Å²) in [7, 11) is -1.79. The number of benzene rings is 3. The molecule has 0 unspecified atom stereocenters. The van der Waals surface area contributed by atoms with Gasteiger partial charge in [-0.2, -0.15) is 0 Å². The highest BCUT2D eigenvalue weighted by Crippen LogP contribution is 2.55. The fourth-order valence-electron chi connectivity index (χ4n) is 3.93. The van der Waals surface area contributed by atoms with Crippen molar-refractivity contribution < 1.29 is 17.2 Å². The molecule has 3 nitrogen and oxygen atoms in total. The summed E-state index contributed by atoms with van der Waals surface area (Å²) in [6.07, 6.45) is 4.36. The molecule has 6 heteroatoms. The number of rotatable bonds is 11. The molecule has 32 heavy (non-hydrogen) atoms. The van der Waals surface area contributed by atoms with Gasteiger partial charge in [0.05, 0.1) is 6.16 Å². The van der Waals surface area contributed by atoms with Crippen molar-refractivity contribution in [3.05, 3.63) is 91.0 Å². The Morgan fingerprint density at radius 1 is 0.719 bits per heavy atom. The summed E-state index contributed by atoms with van der Waals surface area (Å²) >= 11 is 0. The van der Waals surface area contributed by atoms with E-state index in [0.29, 0.717) is 19.5 Å². The van der Waals surface area contributed by atoms with E-state index in [-0.39, 0.29) is 30.7 Å². The molecule has 1 amide bonds. The summed E-state index contributed by atoms with van der Waals surface area (Å²) in [4.78, 5) is 12.1. The van der Waals surface area contributed by atoms with Crippen molar-refractivity contribution in [3.8, 4) is 0 Å². The van der Waals surface area contributed by atoms with Crippen LogP contribution in [0.5, 0.6) is 0 Å². The zero-order chi connectivity index (χ0) is 21.1. The molecule has 0 atom stereocenters. The van der Waals surface area contributed by atoms with Gasteiger partial charge in [0, 0.05) is 13.0 Å². The molecule has 0 bridgehead atoms. The molecule has 3 rings (SSSR count). The molecular formula is C26H33Cl2N2OP. The van der Waals surface area contributed by atoms with Crippen LogP contribution in [-0.2, 0) is 4.79 Å². The Kier molecular flexibility index (Phi) is 13.2. The van der Waals surface area contributed by atoms with E-state index in [0.717, 1.165) is 25.4 Å². The van der Waals surface area contributed by atoms with Gasteiger partial charge in [-0.1, -0.05) is 54.6 Å². The van der Waals surface area contributed by atoms with Gasteiger partial charge in [-0.25, -0.2) is 0 Å². The summed E-state index contributed by atoms with van der Waals surface area (Å²) in [6, 6.07) is 32.7. The van der Waals surface area contributed by atoms with E-state index in [4.69, 9.17) is 5.73 Å². The number of nitrogens with one attached hydrogen (secondary N) is 1. The Morgan fingerprint density at radius 2 is 1.16 bits per heavy atom. The maximum absolute atomic E-state index is 12.1. The summed E-state index contributed by atoms with van der Waals surface area (Å²) in [5, 5.41) is 7.16. The molecule has 0 aromatic heterocycles. The molecule has 0 aliphatic carbocycles. The largest absolute Gasteiger partial charge is 1.00 e. The minimum absolute atomic E-state index is 0. The lowest BCUT2D eigenvalue weighted by Gasteiger charge is -2.27. The number of carbonyl (C=O) groups excluding carboxylic acids is 1. The average molecular weight is 491 g/mol. The quantitative estimate of drug-likeness (QED) is 0.311. The van der Waals surface area contributed by atoms with Gasteiger partial charge in [0.15, 0.2) is 0 Å². The van der Waals surface area contributed by atoms with E-state index in [1.54, 1.807) is 0 Å². The van der Waals surface area contributed by atoms with Crippen molar-refractivity contribution in [1.82, 2.24) is 5.32 Å². The molecule has 0 fully saturated rings. The van der Waals surface area contributed by atoms with E-state index in [1.165, 1.54) is 15.9 Å². The first kappa shape index (κ1) is 28.1. The van der Waals surface area contributed by atoms with Gasteiger partial charge in [-0.05, 0) is 62.2 Å². The van der Waals surface area contributed by atoms with E-state index >= 15 is 0 Å². The predicted molar refractivity (Wildman–Crippen MR) is 138 cm³/mol. The lowest BCUT2D eigenvalue weighted by Crippen LogP contribution is -3.00. The maximum Gasteiger partial charge on any atom is 0.219 e. The Labute approximate surface area is 205 Å². The third-order valence-electron chi connectivity index (χ3n) is 5.44. The number of hydrogen-bond acceptors (Lipinski definition) is 2. The van der Waals surface area contributed by atoms with Crippen molar-refractivity contribution in [1.29, 1.82) is 0 Å². The molecule has 0 aliphatic rings. The van der Waals surface area contributed by atoms with E-state index in [9.17, 15) is 4.79 Å². The lowest BCUT2D eigenvalue weighted by molar-refractivity contribution is -0.121. The number of carbonyl (C=O) groups is 1. The van der Waals surface area contributed by atoms with Crippen LogP contribution in [0.3, 0.4) is 0 Å². The topological polar surface area (TPSA) is 55.1 Å². The number of unbranched alkanes of at least 4 members (excludes halogenated alkanes) is 1. The summed E-state index contributed by atoms with van der Waals surface area (Å²) in [5.74, 6) is 0.131. The standard InChI is InChI=1S/C26H31N2OP.2ClH/c27-20-12-21-28-26(29)19-10-11-22-30(23-13-4-1-5-14-23,24-15-6-2-7-16-24)25-17-8-3-9-18-25;;/h1-9,13-18H,10-12,19-22,27H2;2*1H. The summed E-state index contributed by atoms with van der Waals surface area (Å²) in [5.41, 5.74) is 5.50. The minimum atomic E-state index is -1.79. The second-order valence-corrected chi connectivity index (χ2v) is 11.1. The Morgan fingerprint density at radius 3 is 1.56 bits per heavy atom. The van der Waals surface area contributed by atoms with E-state index < -0.39 is 7.26 Å². The maximum atomic E-state index is 12.1. The molecule has 172 valence electrons. The first-order valence-electron chi connectivity index (χ1n) is 10.8. The fraction of sp³-hybridized carbons (Fsp3) is 0.269. The van der Waals surface area contributed by atoms with Crippen molar-refractivity contribution in [2.24, 2.45) is 5.73 Å². The molecule has 0 spiro atoms. The summed E-state index contributed by atoms with van der Waals surface area (Å²) in [6.45, 7) is 1.28. The van der Waals surface area contributed by atoms with Crippen LogP contribution in [0.25, 0.3) is 0 Å². The number of amides is 1. The molecule has 0 saturated carbocycles. The first-order chi connectivity index (χ1) is 14.8. The van der Waals surface area contributed by atoms with Crippen LogP contribution < -0.4 is 39.4 Å². The van der Waals surface area contributed by atoms with Crippen molar-refractivity contribution in [3.63, 3.8) is 0 Å². The van der Waals surface area contributed by atoms with Crippen LogP contribution in [-0.4, -0.2) is 25.2 Å². The highest BCUT2D eigenvalue weighted by atomic mass is 35.5. The molecule has 0 saturated heterocycles. The van der Waals surface area contributed by atoms with E-state index in [1.807, 2.05) is 0 Å². The molecule has 3 aromatic carbocycles. The van der Waals surface area contributed by atoms with Crippen LogP contribution in [0.4, 0.5) is 0 Å². The van der Waals surface area contributed by atoms with Crippen LogP contribution in [0.15, 0.2) is 91.0 Å². The molecular weight excluding hydrogens is 458 g/mol. The lowest BCUT2D eigenvalue weighted by atomic mass is 10.2. The third kappa shape index (κ3) is 7.32. The zero-order valence-electron chi connectivity index (χ0n) is 18.3. The second-order valence-electron chi connectivity index (χ2n) is 7.49. The van der Waals surface area contributed by atoms with Crippen LogP contribution in [0, 0.1) is 0 Å². The smallest absolute Gasteiger partial charge is 0.219 e. The highest BCUT2D eigenvalue weighted by molar-refractivity contribution is 7.95. The van der Waals surface area contributed by atoms with Crippen molar-refractivity contribution >= 4 is 41.5 Å². The minimum Gasteiger partial charge on any atom is -1.00 e. The molecule has 3 N–H and O–H groups in total. The number of nitrogens with two attached hydrogens (primary N) is 1. The van der Waals surface area contributed by atoms with Gasteiger partial charge < -0.3 is 23.5 Å². The van der Waals surface area contributed by atoms with Crippen LogP contribution >= 0.6 is 19.7 Å². The number of halogens is 2. The van der Waals surface area contributed by atoms with Gasteiger partial charge in [0.25, 0.3) is 0 Å². The number of hydrogen-bond donors (Lipinski definition) is 2. The van der Waals surface area contributed by atoms with Gasteiger partial charge in [0.2, 0.25) is 5.91 Å². The monoisotopic (exact) mass is 490 g/mol. The summed E-state index contributed by atoms with van der Waals surface area (Å²) < 4.78 is 0. The van der Waals surface area contributed by atoms with Gasteiger partial charge in [0.1, 0.15) is 23.2 Å². The third-order valence-corrected chi connectivity index (χ3v) is 9.97. The predicted octanol–water partition coefficient (Wildman–Crippen LogP) is 1.04. The molecule has 0 radical (unpaired) electrons. The fourth-order valence-corrected chi connectivity index (χ4v) is 8.34. The van der Waals surface area contributed by atoms with Crippen molar-refractivity contribution in [2.75, 3.05) is 19.3 Å². The normalized spacial score (nSPS) is 10.5. The van der Waals surface area contributed by atoms with Gasteiger partial charge >= 0.3 is 0 Å². The molecule has 0 aliphatic heterocycles. The van der Waals surface area contributed by atoms with Crippen molar-refractivity contribution in [2.45, 2.75) is 25.7 Å². The molecule has 3 aromatic rings. The van der Waals surface area contributed by atoms with E-state index in [2.05, 4.69) is 96.3 Å². The second kappa shape index (κ2) is 15.0. The first-order valence-corrected chi connectivity index (χ1v) is 12.8. The SMILES string of the molecule is Cl.NCCCNC(=O)CCCC[P+](c1ccccc1)(c1ccccc1)c1ccccc1.[Cl-]. The Balaban J connectivity index is 0.00000256. The zero-order valence-corrected chi connectivity index (χ0v) is 20.8.